The Labute approximate surface area is 163 Å². The highest BCUT2D eigenvalue weighted by atomic mass is 16.5. The molecule has 0 aliphatic heterocycles. The first-order valence-corrected chi connectivity index (χ1v) is 8.84. The maximum absolute atomic E-state index is 12.2. The number of nitrogens with one attached hydrogen (secondary N) is 1. The van der Waals surface area contributed by atoms with Crippen LogP contribution in [0.1, 0.15) is 35.7 Å². The predicted molar refractivity (Wildman–Crippen MR) is 102 cm³/mol. The van der Waals surface area contributed by atoms with E-state index < -0.39 is 5.97 Å². The third-order valence-electron chi connectivity index (χ3n) is 3.76. The largest absolute Gasteiger partial charge is 0.497 e. The number of para-hydroxylation sites is 1. The van der Waals surface area contributed by atoms with E-state index in [-0.39, 0.29) is 36.2 Å². The monoisotopic (exact) mass is 385 g/mol. The van der Waals surface area contributed by atoms with Gasteiger partial charge in [0.15, 0.2) is 0 Å². The molecule has 0 unspecified atom stereocenters. The summed E-state index contributed by atoms with van der Waals surface area (Å²) in [5.74, 6) is -0.325. The Morgan fingerprint density at radius 1 is 1.04 bits per heavy atom. The number of methoxy groups -OCH3 is 1. The molecule has 0 aromatic heterocycles. The molecule has 148 valence electrons. The molecule has 7 heteroatoms. The molecule has 0 heterocycles. The first kappa shape index (κ1) is 21.0. The average molecular weight is 385 g/mol. The zero-order chi connectivity index (χ0) is 20.4. The van der Waals surface area contributed by atoms with E-state index in [2.05, 4.69) is 5.32 Å². The van der Waals surface area contributed by atoms with E-state index in [1.54, 1.807) is 37.4 Å². The van der Waals surface area contributed by atoms with E-state index in [1.165, 1.54) is 6.92 Å². The van der Waals surface area contributed by atoms with Crippen LogP contribution in [0.4, 0.5) is 0 Å². The quantitative estimate of drug-likeness (QED) is 0.405. The lowest BCUT2D eigenvalue weighted by Crippen LogP contribution is -2.25. The molecule has 0 aliphatic carbocycles. The first-order valence-electron chi connectivity index (χ1n) is 8.84. The molecule has 0 radical (unpaired) electrons. The smallest absolute Gasteiger partial charge is 0.308 e. The SMILES string of the molecule is COc1cccc(COC(=O)CCCNC(=O)c2ccccc2OC(C)=O)c1. The molecule has 0 bridgehead atoms. The molecule has 7 nitrogen and oxygen atoms in total. The van der Waals surface area contributed by atoms with Crippen LogP contribution in [0, 0.1) is 0 Å². The molecule has 0 saturated heterocycles. The van der Waals surface area contributed by atoms with Gasteiger partial charge in [0.05, 0.1) is 12.7 Å². The van der Waals surface area contributed by atoms with Crippen LogP contribution in [0.25, 0.3) is 0 Å². The van der Waals surface area contributed by atoms with Crippen LogP contribution in [0.2, 0.25) is 0 Å². The Bertz CT molecular complexity index is 833. The topological polar surface area (TPSA) is 90.9 Å². The molecule has 0 aliphatic rings. The number of rotatable bonds is 9. The Balaban J connectivity index is 1.72. The maximum Gasteiger partial charge on any atom is 0.308 e. The van der Waals surface area contributed by atoms with Crippen molar-refractivity contribution in [2.45, 2.75) is 26.4 Å². The molecule has 1 amide bonds. The third-order valence-corrected chi connectivity index (χ3v) is 3.76. The van der Waals surface area contributed by atoms with Crippen molar-refractivity contribution in [3.63, 3.8) is 0 Å². The maximum atomic E-state index is 12.2. The van der Waals surface area contributed by atoms with E-state index in [0.29, 0.717) is 18.7 Å². The standard InChI is InChI=1S/C21H23NO6/c1-15(23)28-19-10-4-3-9-18(19)21(25)22-12-6-11-20(24)27-14-16-7-5-8-17(13-16)26-2/h3-5,7-10,13H,6,11-12,14H2,1-2H3,(H,22,25). The van der Waals surface area contributed by atoms with Crippen molar-refractivity contribution in [2.75, 3.05) is 13.7 Å². The minimum absolute atomic E-state index is 0.165. The minimum Gasteiger partial charge on any atom is -0.497 e. The summed E-state index contributed by atoms with van der Waals surface area (Å²) in [5, 5.41) is 2.70. The number of amides is 1. The summed E-state index contributed by atoms with van der Waals surface area (Å²) >= 11 is 0. The molecule has 0 fully saturated rings. The number of hydrogen-bond donors (Lipinski definition) is 1. The van der Waals surface area contributed by atoms with E-state index in [1.807, 2.05) is 18.2 Å². The van der Waals surface area contributed by atoms with Gasteiger partial charge in [0, 0.05) is 19.9 Å². The van der Waals surface area contributed by atoms with Gasteiger partial charge in [-0.05, 0) is 36.2 Å². The van der Waals surface area contributed by atoms with Crippen molar-refractivity contribution in [1.29, 1.82) is 0 Å². The molecule has 1 N–H and O–H groups in total. The van der Waals surface area contributed by atoms with Gasteiger partial charge in [-0.1, -0.05) is 24.3 Å². The van der Waals surface area contributed by atoms with Gasteiger partial charge in [-0.25, -0.2) is 0 Å². The number of esters is 2. The predicted octanol–water partition coefficient (Wildman–Crippen LogP) is 2.87. The zero-order valence-electron chi connectivity index (χ0n) is 15.9. The van der Waals surface area contributed by atoms with Gasteiger partial charge in [-0.3, -0.25) is 14.4 Å². The van der Waals surface area contributed by atoms with Crippen molar-refractivity contribution in [3.8, 4) is 11.5 Å². The van der Waals surface area contributed by atoms with Gasteiger partial charge in [-0.15, -0.1) is 0 Å². The Morgan fingerprint density at radius 3 is 2.57 bits per heavy atom. The summed E-state index contributed by atoms with van der Waals surface area (Å²) in [7, 11) is 1.57. The third kappa shape index (κ3) is 6.75. The molecule has 0 saturated carbocycles. The fourth-order valence-corrected chi connectivity index (χ4v) is 2.43. The van der Waals surface area contributed by atoms with E-state index in [0.717, 1.165) is 5.56 Å². The van der Waals surface area contributed by atoms with Gasteiger partial charge in [-0.2, -0.15) is 0 Å². The van der Waals surface area contributed by atoms with Gasteiger partial charge >= 0.3 is 11.9 Å². The molecular formula is C21H23NO6. The average Bonchev–Trinajstić information content (AvgIpc) is 2.69. The Morgan fingerprint density at radius 2 is 1.82 bits per heavy atom. The van der Waals surface area contributed by atoms with Gasteiger partial charge in [0.2, 0.25) is 0 Å². The van der Waals surface area contributed by atoms with Crippen LogP contribution in [-0.2, 0) is 20.9 Å². The van der Waals surface area contributed by atoms with Crippen molar-refractivity contribution in [3.05, 3.63) is 59.7 Å². The molecule has 2 rings (SSSR count). The van der Waals surface area contributed by atoms with E-state index in [4.69, 9.17) is 14.2 Å². The summed E-state index contributed by atoms with van der Waals surface area (Å²) in [5.41, 5.74) is 1.10. The van der Waals surface area contributed by atoms with Gasteiger partial charge < -0.3 is 19.5 Å². The highest BCUT2D eigenvalue weighted by Gasteiger charge is 2.13. The van der Waals surface area contributed by atoms with Gasteiger partial charge in [0.1, 0.15) is 18.1 Å². The molecule has 2 aromatic rings. The molecule has 2 aromatic carbocycles. The van der Waals surface area contributed by atoms with Crippen LogP contribution in [0.5, 0.6) is 11.5 Å². The van der Waals surface area contributed by atoms with Crippen molar-refractivity contribution >= 4 is 17.8 Å². The fourth-order valence-electron chi connectivity index (χ4n) is 2.43. The first-order chi connectivity index (χ1) is 13.5. The van der Waals surface area contributed by atoms with Crippen LogP contribution in [0.3, 0.4) is 0 Å². The van der Waals surface area contributed by atoms with Crippen molar-refractivity contribution in [2.24, 2.45) is 0 Å². The number of hydrogen-bond acceptors (Lipinski definition) is 6. The molecular weight excluding hydrogens is 362 g/mol. The minimum atomic E-state index is -0.501. The highest BCUT2D eigenvalue weighted by Crippen LogP contribution is 2.18. The molecule has 0 atom stereocenters. The van der Waals surface area contributed by atoms with Crippen molar-refractivity contribution in [1.82, 2.24) is 5.32 Å². The highest BCUT2D eigenvalue weighted by molar-refractivity contribution is 5.97. The van der Waals surface area contributed by atoms with Crippen molar-refractivity contribution < 1.29 is 28.6 Å². The molecule has 0 spiro atoms. The van der Waals surface area contributed by atoms with Crippen LogP contribution >= 0.6 is 0 Å². The summed E-state index contributed by atoms with van der Waals surface area (Å²) < 4.78 is 15.4. The summed E-state index contributed by atoms with van der Waals surface area (Å²) in [6.07, 6.45) is 0.605. The summed E-state index contributed by atoms with van der Waals surface area (Å²) in [6.45, 7) is 1.73. The summed E-state index contributed by atoms with van der Waals surface area (Å²) in [4.78, 5) is 35.2. The molecule has 28 heavy (non-hydrogen) atoms. The van der Waals surface area contributed by atoms with Crippen LogP contribution in [0.15, 0.2) is 48.5 Å². The summed E-state index contributed by atoms with van der Waals surface area (Å²) in [6, 6.07) is 13.7. The Hall–Kier alpha value is -3.35. The number of benzene rings is 2. The van der Waals surface area contributed by atoms with Crippen LogP contribution < -0.4 is 14.8 Å². The second-order valence-corrected chi connectivity index (χ2v) is 5.96. The van der Waals surface area contributed by atoms with Crippen LogP contribution in [-0.4, -0.2) is 31.5 Å². The lowest BCUT2D eigenvalue weighted by Gasteiger charge is -2.09. The number of carbonyl (C=O) groups excluding carboxylic acids is 3. The van der Waals surface area contributed by atoms with E-state index >= 15 is 0 Å². The Kier molecular flexibility index (Phi) is 8.02. The lowest BCUT2D eigenvalue weighted by atomic mass is 10.2. The number of carbonyl (C=O) groups is 3. The zero-order valence-corrected chi connectivity index (χ0v) is 15.9. The van der Waals surface area contributed by atoms with E-state index in [9.17, 15) is 14.4 Å². The lowest BCUT2D eigenvalue weighted by molar-refractivity contribution is -0.145. The van der Waals surface area contributed by atoms with Gasteiger partial charge in [0.25, 0.3) is 5.91 Å². The second-order valence-electron chi connectivity index (χ2n) is 5.96. The second kappa shape index (κ2) is 10.7. The normalized spacial score (nSPS) is 10.1. The number of ether oxygens (including phenoxy) is 3. The fraction of sp³-hybridized carbons (Fsp3) is 0.286.